The molecule has 2 heteroatoms. The minimum atomic E-state index is 0.738. The lowest BCUT2D eigenvalue weighted by molar-refractivity contribution is 0.184. The fourth-order valence-corrected chi connectivity index (χ4v) is 3.34. The fraction of sp³-hybridized carbons (Fsp3) is 0.421. The molecule has 110 valence electrons. The van der Waals surface area contributed by atoms with Crippen LogP contribution in [0.4, 0.5) is 0 Å². The van der Waals surface area contributed by atoms with Crippen molar-refractivity contribution in [2.24, 2.45) is 0 Å². The van der Waals surface area contributed by atoms with Crippen molar-refractivity contribution in [2.45, 2.75) is 44.7 Å². The largest absolute Gasteiger partial charge is 0.299 e. The van der Waals surface area contributed by atoms with E-state index in [-0.39, 0.29) is 0 Å². The highest BCUT2D eigenvalue weighted by Gasteiger charge is 2.19. The van der Waals surface area contributed by atoms with Crippen LogP contribution in [-0.2, 0) is 6.54 Å². The van der Waals surface area contributed by atoms with Gasteiger partial charge in [-0.1, -0.05) is 55.7 Å². The van der Waals surface area contributed by atoms with Crippen LogP contribution in [0.5, 0.6) is 0 Å². The molecular formula is C19H24N2. The van der Waals surface area contributed by atoms with Crippen molar-refractivity contribution in [3.63, 3.8) is 0 Å². The van der Waals surface area contributed by atoms with Gasteiger partial charge in [-0.25, -0.2) is 0 Å². The molecule has 1 fully saturated rings. The normalized spacial score (nSPS) is 16.3. The second kappa shape index (κ2) is 6.86. The van der Waals surface area contributed by atoms with Crippen LogP contribution in [0.15, 0.2) is 48.7 Å². The fourth-order valence-electron chi connectivity index (χ4n) is 3.34. The van der Waals surface area contributed by atoms with Gasteiger partial charge < -0.3 is 0 Å². The highest BCUT2D eigenvalue weighted by atomic mass is 15.1. The molecular weight excluding hydrogens is 256 g/mol. The summed E-state index contributed by atoms with van der Waals surface area (Å²) in [5.74, 6) is 0. The van der Waals surface area contributed by atoms with Crippen LogP contribution < -0.4 is 0 Å². The number of hydrogen-bond acceptors (Lipinski definition) is 2. The second-order valence-corrected chi connectivity index (χ2v) is 6.08. The third-order valence-corrected chi connectivity index (χ3v) is 4.56. The summed E-state index contributed by atoms with van der Waals surface area (Å²) in [6, 6.07) is 15.5. The molecule has 0 atom stereocenters. The van der Waals surface area contributed by atoms with E-state index in [1.807, 2.05) is 6.20 Å². The zero-order chi connectivity index (χ0) is 14.5. The lowest BCUT2D eigenvalue weighted by atomic mass is 9.94. The first-order valence-corrected chi connectivity index (χ1v) is 8.04. The second-order valence-electron chi connectivity index (χ2n) is 6.08. The molecule has 0 unspecified atom stereocenters. The van der Waals surface area contributed by atoms with E-state index >= 15 is 0 Å². The van der Waals surface area contributed by atoms with Crippen LogP contribution in [0.1, 0.15) is 37.7 Å². The Bertz CT molecular complexity index is 559. The predicted molar refractivity (Wildman–Crippen MR) is 88.0 cm³/mol. The Morgan fingerprint density at radius 2 is 1.76 bits per heavy atom. The Balaban J connectivity index is 1.79. The third-order valence-electron chi connectivity index (χ3n) is 4.56. The average Bonchev–Trinajstić information content (AvgIpc) is 2.57. The van der Waals surface area contributed by atoms with E-state index in [1.165, 1.54) is 43.2 Å². The van der Waals surface area contributed by atoms with Crippen molar-refractivity contribution in [3.05, 3.63) is 54.2 Å². The Kier molecular flexibility index (Phi) is 4.66. The van der Waals surface area contributed by atoms with Gasteiger partial charge in [0, 0.05) is 24.3 Å². The van der Waals surface area contributed by atoms with E-state index in [0.29, 0.717) is 0 Å². The van der Waals surface area contributed by atoms with Crippen LogP contribution in [0, 0.1) is 0 Å². The Hall–Kier alpha value is -1.67. The molecule has 1 saturated carbocycles. The number of hydrogen-bond donors (Lipinski definition) is 0. The summed E-state index contributed by atoms with van der Waals surface area (Å²) in [6.45, 7) is 0.989. The van der Waals surface area contributed by atoms with Gasteiger partial charge in [0.05, 0.1) is 5.69 Å². The summed E-state index contributed by atoms with van der Waals surface area (Å²) < 4.78 is 0. The average molecular weight is 280 g/mol. The summed E-state index contributed by atoms with van der Waals surface area (Å²) in [6.07, 6.45) is 8.76. The third kappa shape index (κ3) is 3.51. The minimum Gasteiger partial charge on any atom is -0.299 e. The summed E-state index contributed by atoms with van der Waals surface area (Å²) in [4.78, 5) is 7.14. The number of rotatable bonds is 4. The van der Waals surface area contributed by atoms with E-state index in [4.69, 9.17) is 0 Å². The SMILES string of the molecule is CN(Cc1cccnc1-c1ccccc1)C1CCCCC1. The van der Waals surface area contributed by atoms with E-state index in [9.17, 15) is 0 Å². The minimum absolute atomic E-state index is 0.738. The van der Waals surface area contributed by atoms with Crippen LogP contribution in [0.2, 0.25) is 0 Å². The van der Waals surface area contributed by atoms with Gasteiger partial charge in [-0.3, -0.25) is 9.88 Å². The molecule has 21 heavy (non-hydrogen) atoms. The predicted octanol–water partition coefficient (Wildman–Crippen LogP) is 4.51. The van der Waals surface area contributed by atoms with Crippen molar-refractivity contribution >= 4 is 0 Å². The van der Waals surface area contributed by atoms with Crippen LogP contribution >= 0.6 is 0 Å². The molecule has 1 aliphatic carbocycles. The van der Waals surface area contributed by atoms with Gasteiger partial charge in [0.15, 0.2) is 0 Å². The standard InChI is InChI=1S/C19H24N2/c1-21(18-12-6-3-7-13-18)15-17-11-8-14-20-19(17)16-9-4-2-5-10-16/h2,4-5,8-11,14,18H,3,6-7,12-13,15H2,1H3. The Labute approximate surface area is 127 Å². The van der Waals surface area contributed by atoms with Crippen LogP contribution in [-0.4, -0.2) is 23.0 Å². The van der Waals surface area contributed by atoms with Crippen molar-refractivity contribution in [1.82, 2.24) is 9.88 Å². The summed E-state index contributed by atoms with van der Waals surface area (Å²) in [7, 11) is 2.26. The maximum absolute atomic E-state index is 4.62. The molecule has 3 rings (SSSR count). The molecule has 0 amide bonds. The smallest absolute Gasteiger partial charge is 0.0746 e. The molecule has 0 saturated heterocycles. The molecule has 0 radical (unpaired) electrons. The quantitative estimate of drug-likeness (QED) is 0.819. The van der Waals surface area contributed by atoms with Crippen molar-refractivity contribution in [2.75, 3.05) is 7.05 Å². The molecule has 0 aliphatic heterocycles. The maximum atomic E-state index is 4.62. The van der Waals surface area contributed by atoms with Crippen LogP contribution in [0.25, 0.3) is 11.3 Å². The molecule has 2 aromatic rings. The number of nitrogens with zero attached hydrogens (tertiary/aromatic N) is 2. The van der Waals surface area contributed by atoms with E-state index in [0.717, 1.165) is 18.3 Å². The van der Waals surface area contributed by atoms with Crippen molar-refractivity contribution in [1.29, 1.82) is 0 Å². The summed E-state index contributed by atoms with van der Waals surface area (Å²) in [5, 5.41) is 0. The number of benzene rings is 1. The maximum Gasteiger partial charge on any atom is 0.0746 e. The number of aromatic nitrogens is 1. The topological polar surface area (TPSA) is 16.1 Å². The van der Waals surface area contributed by atoms with E-state index < -0.39 is 0 Å². The van der Waals surface area contributed by atoms with Crippen LogP contribution in [0.3, 0.4) is 0 Å². The van der Waals surface area contributed by atoms with Gasteiger partial charge in [-0.2, -0.15) is 0 Å². The zero-order valence-corrected chi connectivity index (χ0v) is 12.8. The van der Waals surface area contributed by atoms with Gasteiger partial charge in [0.25, 0.3) is 0 Å². The van der Waals surface area contributed by atoms with Gasteiger partial charge in [0.1, 0.15) is 0 Å². The zero-order valence-electron chi connectivity index (χ0n) is 12.8. The first-order chi connectivity index (χ1) is 10.3. The molecule has 0 bridgehead atoms. The molecule has 1 aromatic carbocycles. The molecule has 2 nitrogen and oxygen atoms in total. The Morgan fingerprint density at radius 1 is 1.00 bits per heavy atom. The molecule has 0 spiro atoms. The van der Waals surface area contributed by atoms with Crippen molar-refractivity contribution in [3.8, 4) is 11.3 Å². The molecule has 1 aromatic heterocycles. The molecule has 1 heterocycles. The summed E-state index contributed by atoms with van der Waals surface area (Å²) >= 11 is 0. The first kappa shape index (κ1) is 14.3. The molecule has 0 N–H and O–H groups in total. The van der Waals surface area contributed by atoms with Gasteiger partial charge in [-0.05, 0) is 31.5 Å². The van der Waals surface area contributed by atoms with Gasteiger partial charge in [-0.15, -0.1) is 0 Å². The first-order valence-electron chi connectivity index (χ1n) is 8.04. The highest BCUT2D eigenvalue weighted by Crippen LogP contribution is 2.26. The number of pyridine rings is 1. The van der Waals surface area contributed by atoms with Gasteiger partial charge >= 0.3 is 0 Å². The van der Waals surface area contributed by atoms with E-state index in [2.05, 4.69) is 59.4 Å². The summed E-state index contributed by atoms with van der Waals surface area (Å²) in [5.41, 5.74) is 3.67. The highest BCUT2D eigenvalue weighted by molar-refractivity contribution is 5.62. The van der Waals surface area contributed by atoms with Gasteiger partial charge in [0.2, 0.25) is 0 Å². The lowest BCUT2D eigenvalue weighted by Gasteiger charge is -2.31. The lowest BCUT2D eigenvalue weighted by Crippen LogP contribution is -2.33. The monoisotopic (exact) mass is 280 g/mol. The molecule has 1 aliphatic rings. The van der Waals surface area contributed by atoms with E-state index in [1.54, 1.807) is 0 Å². The van der Waals surface area contributed by atoms with Crippen molar-refractivity contribution < 1.29 is 0 Å². The Morgan fingerprint density at radius 3 is 2.52 bits per heavy atom.